The lowest BCUT2D eigenvalue weighted by atomic mass is 10.1. The Morgan fingerprint density at radius 1 is 0.906 bits per heavy atom. The molecule has 4 nitrogen and oxygen atoms in total. The van der Waals surface area contributed by atoms with Crippen LogP contribution in [0.5, 0.6) is 0 Å². The smallest absolute Gasteiger partial charge is 0.266 e. The van der Waals surface area contributed by atoms with Crippen molar-refractivity contribution >= 4 is 56.5 Å². The van der Waals surface area contributed by atoms with Crippen LogP contribution in [0.3, 0.4) is 0 Å². The number of benzene rings is 3. The molecule has 0 saturated heterocycles. The van der Waals surface area contributed by atoms with E-state index >= 15 is 0 Å². The molecule has 5 rings (SSSR count). The highest BCUT2D eigenvalue weighted by atomic mass is 127. The van der Waals surface area contributed by atoms with Crippen LogP contribution in [0, 0.1) is 17.4 Å². The van der Waals surface area contributed by atoms with Crippen molar-refractivity contribution in [2.75, 3.05) is 0 Å². The summed E-state index contributed by atoms with van der Waals surface area (Å²) in [6.45, 7) is 4.13. The van der Waals surface area contributed by atoms with E-state index in [1.807, 2.05) is 55.5 Å². The van der Waals surface area contributed by atoms with E-state index in [1.54, 1.807) is 4.57 Å². The molecule has 32 heavy (non-hydrogen) atoms. The first-order chi connectivity index (χ1) is 15.5. The highest BCUT2D eigenvalue weighted by molar-refractivity contribution is 14.1. The van der Waals surface area contributed by atoms with Crippen molar-refractivity contribution in [1.29, 1.82) is 0 Å². The minimum Gasteiger partial charge on any atom is -0.347 e. The van der Waals surface area contributed by atoms with Gasteiger partial charge in [-0.05, 0) is 84.5 Å². The van der Waals surface area contributed by atoms with Crippen molar-refractivity contribution in [2.45, 2.75) is 13.8 Å². The van der Waals surface area contributed by atoms with Crippen LogP contribution in [0.1, 0.15) is 22.6 Å². The van der Waals surface area contributed by atoms with Crippen molar-refractivity contribution in [3.05, 3.63) is 103 Å². The number of rotatable bonds is 3. The third-order valence-corrected chi connectivity index (χ3v) is 6.73. The second-order valence-corrected chi connectivity index (χ2v) is 9.21. The van der Waals surface area contributed by atoms with Gasteiger partial charge in [0.25, 0.3) is 5.56 Å². The van der Waals surface area contributed by atoms with Gasteiger partial charge in [-0.3, -0.25) is 9.36 Å². The molecule has 0 saturated carbocycles. The average Bonchev–Trinajstić information content (AvgIpc) is 3.04. The van der Waals surface area contributed by atoms with Crippen LogP contribution >= 0.6 is 22.6 Å². The zero-order chi connectivity index (χ0) is 22.4. The van der Waals surface area contributed by atoms with E-state index in [0.717, 1.165) is 20.4 Å². The lowest BCUT2D eigenvalue weighted by molar-refractivity contribution is 0.916. The first-order valence-electron chi connectivity index (χ1n) is 10.5. The predicted molar refractivity (Wildman–Crippen MR) is 141 cm³/mol. The number of para-hydroxylation sites is 2. The van der Waals surface area contributed by atoms with Gasteiger partial charge in [-0.1, -0.05) is 36.4 Å². The molecule has 5 aromatic rings. The van der Waals surface area contributed by atoms with Gasteiger partial charge in [0.05, 0.1) is 16.6 Å². The first kappa shape index (κ1) is 20.7. The van der Waals surface area contributed by atoms with Crippen LogP contribution in [0.15, 0.2) is 71.5 Å². The predicted octanol–water partition coefficient (Wildman–Crippen LogP) is 6.27. The third-order valence-electron chi connectivity index (χ3n) is 6.06. The number of hydrogen-bond acceptors (Lipinski definition) is 2. The van der Waals surface area contributed by atoms with Gasteiger partial charge in [-0.15, -0.1) is 0 Å². The SMILES string of the molecule is Cc1ccccc1-n1c(/C=C/c2c(C)n(C)c3ccccc23)nc2ccc(I)cc2c1=O. The molecule has 2 heterocycles. The number of aryl methyl sites for hydroxylation is 2. The standard InChI is InChI=1S/C27H22IN3O/c1-17-8-4-6-10-24(17)31-26(29-23-14-12-19(28)16-22(23)27(31)32)15-13-20-18(2)30(3)25-11-7-5-9-21(20)25/h4-16H,1-3H3/b15-13+. The molecule has 0 atom stereocenters. The fourth-order valence-electron chi connectivity index (χ4n) is 4.25. The van der Waals surface area contributed by atoms with Gasteiger partial charge >= 0.3 is 0 Å². The Morgan fingerprint density at radius 2 is 1.66 bits per heavy atom. The molecule has 0 N–H and O–H groups in total. The molecular formula is C27H22IN3O. The summed E-state index contributed by atoms with van der Waals surface area (Å²) in [6.07, 6.45) is 4.03. The van der Waals surface area contributed by atoms with Gasteiger partial charge in [-0.2, -0.15) is 0 Å². The molecule has 0 aliphatic carbocycles. The Morgan fingerprint density at radius 3 is 2.47 bits per heavy atom. The van der Waals surface area contributed by atoms with Gasteiger partial charge in [0.1, 0.15) is 5.82 Å². The van der Waals surface area contributed by atoms with Crippen molar-refractivity contribution in [3.63, 3.8) is 0 Å². The summed E-state index contributed by atoms with van der Waals surface area (Å²) in [6, 6.07) is 22.1. The minimum absolute atomic E-state index is 0.0582. The molecule has 0 spiro atoms. The Hall–Kier alpha value is -3.19. The van der Waals surface area contributed by atoms with Crippen LogP contribution in [0.2, 0.25) is 0 Å². The summed E-state index contributed by atoms with van der Waals surface area (Å²) in [4.78, 5) is 18.5. The average molecular weight is 531 g/mol. The van der Waals surface area contributed by atoms with Gasteiger partial charge in [-0.25, -0.2) is 4.98 Å². The highest BCUT2D eigenvalue weighted by Gasteiger charge is 2.14. The molecule has 158 valence electrons. The van der Waals surface area contributed by atoms with Crippen molar-refractivity contribution in [1.82, 2.24) is 14.1 Å². The normalized spacial score (nSPS) is 11.8. The van der Waals surface area contributed by atoms with Gasteiger partial charge in [0.2, 0.25) is 0 Å². The first-order valence-corrected chi connectivity index (χ1v) is 11.5. The molecule has 2 aromatic heterocycles. The fourth-order valence-corrected chi connectivity index (χ4v) is 4.74. The summed E-state index contributed by atoms with van der Waals surface area (Å²) in [7, 11) is 2.08. The molecule has 0 aliphatic rings. The number of hydrogen-bond donors (Lipinski definition) is 0. The van der Waals surface area contributed by atoms with E-state index in [0.29, 0.717) is 16.7 Å². The zero-order valence-electron chi connectivity index (χ0n) is 18.1. The van der Waals surface area contributed by atoms with Crippen molar-refractivity contribution < 1.29 is 0 Å². The van der Waals surface area contributed by atoms with E-state index in [-0.39, 0.29) is 5.56 Å². The summed E-state index contributed by atoms with van der Waals surface area (Å²) < 4.78 is 4.93. The Kier molecular flexibility index (Phi) is 5.21. The molecular weight excluding hydrogens is 509 g/mol. The highest BCUT2D eigenvalue weighted by Crippen LogP contribution is 2.27. The molecule has 3 aromatic carbocycles. The van der Waals surface area contributed by atoms with Crippen LogP contribution in [-0.2, 0) is 7.05 Å². The summed E-state index contributed by atoms with van der Waals surface area (Å²) in [5.41, 5.74) is 6.00. The molecule has 0 aliphatic heterocycles. The van der Waals surface area contributed by atoms with E-state index in [9.17, 15) is 4.79 Å². The zero-order valence-corrected chi connectivity index (χ0v) is 20.3. The van der Waals surface area contributed by atoms with E-state index in [2.05, 4.69) is 71.5 Å². The molecule has 0 fully saturated rings. The Labute approximate surface area is 200 Å². The Balaban J connectivity index is 1.79. The lowest BCUT2D eigenvalue weighted by Gasteiger charge is -2.14. The van der Waals surface area contributed by atoms with Gasteiger partial charge < -0.3 is 4.57 Å². The van der Waals surface area contributed by atoms with Crippen LogP contribution in [0.4, 0.5) is 0 Å². The van der Waals surface area contributed by atoms with Gasteiger partial charge in [0.15, 0.2) is 0 Å². The van der Waals surface area contributed by atoms with E-state index < -0.39 is 0 Å². The fraction of sp³-hybridized carbons (Fsp3) is 0.111. The third kappa shape index (κ3) is 3.37. The van der Waals surface area contributed by atoms with E-state index in [4.69, 9.17) is 4.98 Å². The van der Waals surface area contributed by atoms with Crippen molar-refractivity contribution in [2.24, 2.45) is 7.05 Å². The summed E-state index contributed by atoms with van der Waals surface area (Å²) in [5, 5.41) is 1.81. The minimum atomic E-state index is -0.0582. The monoisotopic (exact) mass is 531 g/mol. The molecule has 0 bridgehead atoms. The summed E-state index contributed by atoms with van der Waals surface area (Å²) >= 11 is 2.23. The lowest BCUT2D eigenvalue weighted by Crippen LogP contribution is -2.23. The van der Waals surface area contributed by atoms with Crippen LogP contribution < -0.4 is 5.56 Å². The number of nitrogens with zero attached hydrogens (tertiary/aromatic N) is 3. The maximum Gasteiger partial charge on any atom is 0.266 e. The second-order valence-electron chi connectivity index (χ2n) is 7.97. The molecule has 0 unspecified atom stereocenters. The number of halogens is 1. The van der Waals surface area contributed by atoms with Gasteiger partial charge in [0, 0.05) is 32.8 Å². The van der Waals surface area contributed by atoms with E-state index in [1.165, 1.54) is 16.6 Å². The summed E-state index contributed by atoms with van der Waals surface area (Å²) in [5.74, 6) is 0.616. The number of fused-ring (bicyclic) bond motifs is 2. The molecule has 5 heteroatoms. The van der Waals surface area contributed by atoms with Crippen LogP contribution in [0.25, 0.3) is 39.6 Å². The Bertz CT molecular complexity index is 1590. The maximum absolute atomic E-state index is 13.6. The van der Waals surface area contributed by atoms with Crippen molar-refractivity contribution in [3.8, 4) is 5.69 Å². The number of aromatic nitrogens is 3. The quantitative estimate of drug-likeness (QED) is 0.258. The molecule has 0 amide bonds. The topological polar surface area (TPSA) is 39.8 Å². The maximum atomic E-state index is 13.6. The largest absolute Gasteiger partial charge is 0.347 e. The second kappa shape index (κ2) is 8.06. The van der Waals surface area contributed by atoms with Crippen LogP contribution in [-0.4, -0.2) is 14.1 Å². The molecule has 0 radical (unpaired) electrons.